The number of thioether (sulfide) groups is 1. The first-order valence-corrected chi connectivity index (χ1v) is 11.4. The van der Waals surface area contributed by atoms with Gasteiger partial charge in [-0.2, -0.15) is 0 Å². The molecule has 2 unspecified atom stereocenters. The van der Waals surface area contributed by atoms with Crippen molar-refractivity contribution in [3.8, 4) is 0 Å². The molecule has 0 saturated heterocycles. The Hall–Kier alpha value is -1.82. The van der Waals surface area contributed by atoms with E-state index in [4.69, 9.17) is 4.98 Å². The highest BCUT2D eigenvalue weighted by molar-refractivity contribution is 7.99. The van der Waals surface area contributed by atoms with Crippen LogP contribution in [0.25, 0.3) is 10.9 Å². The van der Waals surface area contributed by atoms with E-state index in [2.05, 4.69) is 26.1 Å². The number of hydrogen-bond acceptors (Lipinski definition) is 4. The Morgan fingerprint density at radius 1 is 1.29 bits per heavy atom. The molecule has 2 atom stereocenters. The van der Waals surface area contributed by atoms with Gasteiger partial charge in [-0.25, -0.2) is 4.98 Å². The molecule has 0 aliphatic heterocycles. The van der Waals surface area contributed by atoms with Crippen LogP contribution in [0, 0.1) is 11.8 Å². The molecule has 1 aliphatic carbocycles. The molecule has 1 heterocycles. The van der Waals surface area contributed by atoms with Crippen molar-refractivity contribution in [2.75, 3.05) is 5.75 Å². The van der Waals surface area contributed by atoms with Crippen LogP contribution in [-0.4, -0.2) is 27.3 Å². The summed E-state index contributed by atoms with van der Waals surface area (Å²) in [4.78, 5) is 30.2. The monoisotopic (exact) mass is 401 g/mol. The maximum absolute atomic E-state index is 13.0. The number of amides is 1. The summed E-state index contributed by atoms with van der Waals surface area (Å²) in [6.07, 6.45) is 5.58. The highest BCUT2D eigenvalue weighted by Crippen LogP contribution is 2.24. The lowest BCUT2D eigenvalue weighted by atomic mass is 9.86. The number of rotatable bonds is 7. The molecule has 1 saturated carbocycles. The lowest BCUT2D eigenvalue weighted by Gasteiger charge is -2.29. The Bertz CT molecular complexity index is 878. The van der Waals surface area contributed by atoms with Crippen LogP contribution >= 0.6 is 11.8 Å². The summed E-state index contributed by atoms with van der Waals surface area (Å²) in [6.45, 7) is 7.12. The van der Waals surface area contributed by atoms with Crippen LogP contribution in [0.4, 0.5) is 0 Å². The summed E-state index contributed by atoms with van der Waals surface area (Å²) in [7, 11) is 0. The molecule has 1 fully saturated rings. The van der Waals surface area contributed by atoms with Gasteiger partial charge in [-0.05, 0) is 43.2 Å². The number of benzene rings is 1. The third kappa shape index (κ3) is 5.16. The van der Waals surface area contributed by atoms with E-state index in [1.54, 1.807) is 4.57 Å². The van der Waals surface area contributed by atoms with E-state index in [1.807, 2.05) is 24.3 Å². The molecule has 28 heavy (non-hydrogen) atoms. The average Bonchev–Trinajstić information content (AvgIpc) is 2.67. The number of carbonyl (C=O) groups is 1. The predicted octanol–water partition coefficient (Wildman–Crippen LogP) is 4.23. The van der Waals surface area contributed by atoms with Crippen LogP contribution in [0.5, 0.6) is 0 Å². The number of para-hydroxylation sites is 1. The zero-order valence-corrected chi connectivity index (χ0v) is 17.9. The van der Waals surface area contributed by atoms with Crippen molar-refractivity contribution in [1.29, 1.82) is 0 Å². The number of aromatic nitrogens is 2. The van der Waals surface area contributed by atoms with Gasteiger partial charge in [0.05, 0.1) is 16.7 Å². The molecule has 0 radical (unpaired) electrons. The van der Waals surface area contributed by atoms with Gasteiger partial charge in [0.15, 0.2) is 5.16 Å². The summed E-state index contributed by atoms with van der Waals surface area (Å²) in [5, 5.41) is 4.46. The van der Waals surface area contributed by atoms with Crippen molar-refractivity contribution < 1.29 is 4.79 Å². The fourth-order valence-corrected chi connectivity index (χ4v) is 4.59. The summed E-state index contributed by atoms with van der Waals surface area (Å²) in [5.74, 6) is 1.34. The molecule has 5 nitrogen and oxygen atoms in total. The summed E-state index contributed by atoms with van der Waals surface area (Å²) in [6, 6.07) is 7.71. The Morgan fingerprint density at radius 3 is 2.79 bits per heavy atom. The third-order valence-electron chi connectivity index (χ3n) is 5.55. The summed E-state index contributed by atoms with van der Waals surface area (Å²) in [5.41, 5.74) is 0.673. The first-order chi connectivity index (χ1) is 13.5. The Morgan fingerprint density at radius 2 is 2.04 bits per heavy atom. The van der Waals surface area contributed by atoms with Gasteiger partial charge in [-0.1, -0.05) is 57.5 Å². The van der Waals surface area contributed by atoms with Crippen LogP contribution in [0.3, 0.4) is 0 Å². The van der Waals surface area contributed by atoms with Crippen molar-refractivity contribution in [3.63, 3.8) is 0 Å². The minimum Gasteiger partial charge on any atom is -0.352 e. The van der Waals surface area contributed by atoms with E-state index in [-0.39, 0.29) is 23.3 Å². The minimum absolute atomic E-state index is 0.0185. The second-order valence-corrected chi connectivity index (χ2v) is 9.22. The SMILES string of the molecule is CC(C)CCn1c(SCC(=O)NC2CCCCC2C)nc2ccccc2c1=O. The highest BCUT2D eigenvalue weighted by Gasteiger charge is 2.23. The van der Waals surface area contributed by atoms with E-state index < -0.39 is 0 Å². The second-order valence-electron chi connectivity index (χ2n) is 8.28. The first kappa shape index (κ1) is 20.9. The molecule has 2 aromatic rings. The van der Waals surface area contributed by atoms with Crippen LogP contribution in [0.2, 0.25) is 0 Å². The van der Waals surface area contributed by atoms with E-state index in [0.29, 0.717) is 34.4 Å². The molecule has 3 rings (SSSR count). The van der Waals surface area contributed by atoms with Crippen molar-refractivity contribution in [2.45, 2.75) is 70.6 Å². The molecule has 6 heteroatoms. The Balaban J connectivity index is 1.76. The van der Waals surface area contributed by atoms with E-state index in [0.717, 1.165) is 12.8 Å². The van der Waals surface area contributed by atoms with E-state index >= 15 is 0 Å². The lowest BCUT2D eigenvalue weighted by Crippen LogP contribution is -2.42. The topological polar surface area (TPSA) is 64.0 Å². The second kappa shape index (κ2) is 9.59. The van der Waals surface area contributed by atoms with Crippen molar-refractivity contribution in [3.05, 3.63) is 34.6 Å². The molecule has 1 N–H and O–H groups in total. The predicted molar refractivity (Wildman–Crippen MR) is 116 cm³/mol. The van der Waals surface area contributed by atoms with Gasteiger partial charge in [-0.3, -0.25) is 14.2 Å². The van der Waals surface area contributed by atoms with Crippen LogP contribution < -0.4 is 10.9 Å². The largest absolute Gasteiger partial charge is 0.352 e. The standard InChI is InChI=1S/C22H31N3O2S/c1-15(2)12-13-25-21(27)17-9-5-7-11-19(17)24-22(25)28-14-20(26)23-18-10-6-4-8-16(18)3/h5,7,9,11,15-16,18H,4,6,8,10,12-14H2,1-3H3,(H,23,26). The third-order valence-corrected chi connectivity index (χ3v) is 6.52. The van der Waals surface area contributed by atoms with Gasteiger partial charge in [0.1, 0.15) is 0 Å². The van der Waals surface area contributed by atoms with Gasteiger partial charge < -0.3 is 5.32 Å². The number of nitrogens with one attached hydrogen (secondary N) is 1. The number of carbonyl (C=O) groups excluding carboxylic acids is 1. The number of nitrogens with zero attached hydrogens (tertiary/aromatic N) is 2. The van der Waals surface area contributed by atoms with Gasteiger partial charge in [-0.15, -0.1) is 0 Å². The molecule has 0 bridgehead atoms. The van der Waals surface area contributed by atoms with Gasteiger partial charge in [0.2, 0.25) is 5.91 Å². The van der Waals surface area contributed by atoms with E-state index in [9.17, 15) is 9.59 Å². The van der Waals surface area contributed by atoms with Crippen molar-refractivity contribution in [2.24, 2.45) is 11.8 Å². The van der Waals surface area contributed by atoms with E-state index in [1.165, 1.54) is 31.0 Å². The summed E-state index contributed by atoms with van der Waals surface area (Å²) >= 11 is 1.37. The number of fused-ring (bicyclic) bond motifs is 1. The molecular formula is C22H31N3O2S. The van der Waals surface area contributed by atoms with Crippen LogP contribution in [0.15, 0.2) is 34.2 Å². The van der Waals surface area contributed by atoms with Crippen molar-refractivity contribution >= 4 is 28.6 Å². The molecule has 1 amide bonds. The minimum atomic E-state index is -0.0185. The fraction of sp³-hybridized carbons (Fsp3) is 0.591. The molecule has 152 valence electrons. The zero-order chi connectivity index (χ0) is 20.1. The maximum Gasteiger partial charge on any atom is 0.262 e. The van der Waals surface area contributed by atoms with Gasteiger partial charge in [0, 0.05) is 12.6 Å². The average molecular weight is 402 g/mol. The smallest absolute Gasteiger partial charge is 0.262 e. The molecule has 1 aliphatic rings. The quantitative estimate of drug-likeness (QED) is 0.557. The maximum atomic E-state index is 13.0. The lowest BCUT2D eigenvalue weighted by molar-refractivity contribution is -0.119. The molecule has 0 spiro atoms. The molecule has 1 aromatic heterocycles. The van der Waals surface area contributed by atoms with Crippen LogP contribution in [-0.2, 0) is 11.3 Å². The molecular weight excluding hydrogens is 370 g/mol. The zero-order valence-electron chi connectivity index (χ0n) is 17.1. The molecule has 1 aromatic carbocycles. The van der Waals surface area contributed by atoms with Gasteiger partial charge >= 0.3 is 0 Å². The normalized spacial score (nSPS) is 19.9. The Kier molecular flexibility index (Phi) is 7.16. The fourth-order valence-electron chi connectivity index (χ4n) is 3.75. The van der Waals surface area contributed by atoms with Crippen molar-refractivity contribution in [1.82, 2.24) is 14.9 Å². The number of hydrogen-bond donors (Lipinski definition) is 1. The summed E-state index contributed by atoms with van der Waals surface area (Å²) < 4.78 is 1.74. The van der Waals surface area contributed by atoms with Crippen LogP contribution in [0.1, 0.15) is 52.9 Å². The van der Waals surface area contributed by atoms with Gasteiger partial charge in [0.25, 0.3) is 5.56 Å². The first-order valence-electron chi connectivity index (χ1n) is 10.4. The highest BCUT2D eigenvalue weighted by atomic mass is 32.2. The Labute approximate surface area is 171 Å².